The summed E-state index contributed by atoms with van der Waals surface area (Å²) < 4.78 is 5.53. The SMILES string of the molecule is CC1CN(C2CCCC2)CCO1. The molecule has 0 aromatic heterocycles. The molecule has 0 aromatic rings. The van der Waals surface area contributed by atoms with E-state index in [-0.39, 0.29) is 0 Å². The van der Waals surface area contributed by atoms with Gasteiger partial charge in [-0.2, -0.15) is 0 Å². The van der Waals surface area contributed by atoms with Crippen LogP contribution < -0.4 is 0 Å². The zero-order valence-electron chi connectivity index (χ0n) is 7.96. The molecule has 1 atom stereocenters. The van der Waals surface area contributed by atoms with E-state index in [1.54, 1.807) is 0 Å². The fraction of sp³-hybridized carbons (Fsp3) is 1.00. The van der Waals surface area contributed by atoms with Gasteiger partial charge in [0.25, 0.3) is 0 Å². The van der Waals surface area contributed by atoms with Gasteiger partial charge < -0.3 is 4.74 Å². The minimum Gasteiger partial charge on any atom is -0.376 e. The number of nitrogens with zero attached hydrogens (tertiary/aromatic N) is 1. The summed E-state index contributed by atoms with van der Waals surface area (Å²) in [6.07, 6.45) is 6.19. The number of hydrogen-bond acceptors (Lipinski definition) is 2. The topological polar surface area (TPSA) is 12.5 Å². The van der Waals surface area contributed by atoms with Crippen molar-refractivity contribution in [2.45, 2.75) is 44.8 Å². The van der Waals surface area contributed by atoms with Gasteiger partial charge in [-0.1, -0.05) is 12.8 Å². The molecule has 2 heteroatoms. The van der Waals surface area contributed by atoms with E-state index in [0.29, 0.717) is 6.10 Å². The third-order valence-electron chi connectivity index (χ3n) is 3.11. The average Bonchev–Trinajstić information content (AvgIpc) is 2.56. The van der Waals surface area contributed by atoms with Crippen LogP contribution in [0.25, 0.3) is 0 Å². The number of morpholine rings is 1. The highest BCUT2D eigenvalue weighted by molar-refractivity contribution is 4.80. The Morgan fingerprint density at radius 3 is 2.67 bits per heavy atom. The van der Waals surface area contributed by atoms with E-state index in [9.17, 15) is 0 Å². The van der Waals surface area contributed by atoms with E-state index in [1.807, 2.05) is 0 Å². The molecule has 0 N–H and O–H groups in total. The van der Waals surface area contributed by atoms with E-state index in [2.05, 4.69) is 11.8 Å². The summed E-state index contributed by atoms with van der Waals surface area (Å²) in [5.74, 6) is 0. The Hall–Kier alpha value is -0.0800. The largest absolute Gasteiger partial charge is 0.376 e. The molecule has 1 saturated heterocycles. The van der Waals surface area contributed by atoms with Gasteiger partial charge in [-0.05, 0) is 19.8 Å². The second-order valence-corrected chi connectivity index (χ2v) is 4.11. The molecule has 0 radical (unpaired) electrons. The molecule has 2 rings (SSSR count). The number of hydrogen-bond donors (Lipinski definition) is 0. The van der Waals surface area contributed by atoms with Gasteiger partial charge in [0.05, 0.1) is 12.7 Å². The van der Waals surface area contributed by atoms with Gasteiger partial charge in [0.2, 0.25) is 0 Å². The Morgan fingerprint density at radius 1 is 1.25 bits per heavy atom. The minimum absolute atomic E-state index is 0.458. The third kappa shape index (κ3) is 1.80. The van der Waals surface area contributed by atoms with Crippen molar-refractivity contribution in [3.63, 3.8) is 0 Å². The van der Waals surface area contributed by atoms with Crippen molar-refractivity contribution in [1.82, 2.24) is 4.90 Å². The summed E-state index contributed by atoms with van der Waals surface area (Å²) in [5, 5.41) is 0. The summed E-state index contributed by atoms with van der Waals surface area (Å²) in [4.78, 5) is 2.63. The van der Waals surface area contributed by atoms with Crippen LogP contribution >= 0.6 is 0 Å². The lowest BCUT2D eigenvalue weighted by Crippen LogP contribution is -2.45. The predicted molar refractivity (Wildman–Crippen MR) is 49.2 cm³/mol. The molecule has 1 aliphatic heterocycles. The zero-order valence-corrected chi connectivity index (χ0v) is 7.96. The van der Waals surface area contributed by atoms with E-state index < -0.39 is 0 Å². The standard InChI is InChI=1S/C10H19NO/c1-9-8-11(6-7-12-9)10-4-2-3-5-10/h9-10H,2-8H2,1H3. The molecule has 0 spiro atoms. The first kappa shape index (κ1) is 8.52. The van der Waals surface area contributed by atoms with E-state index in [4.69, 9.17) is 4.74 Å². The summed E-state index contributed by atoms with van der Waals surface area (Å²) in [5.41, 5.74) is 0. The van der Waals surface area contributed by atoms with Crippen molar-refractivity contribution in [1.29, 1.82) is 0 Å². The highest BCUT2D eigenvalue weighted by atomic mass is 16.5. The van der Waals surface area contributed by atoms with Gasteiger partial charge >= 0.3 is 0 Å². The fourth-order valence-corrected chi connectivity index (χ4v) is 2.45. The van der Waals surface area contributed by atoms with Crippen molar-refractivity contribution >= 4 is 0 Å². The predicted octanol–water partition coefficient (Wildman–Crippen LogP) is 1.65. The number of rotatable bonds is 1. The van der Waals surface area contributed by atoms with Crippen LogP contribution in [0.1, 0.15) is 32.6 Å². The minimum atomic E-state index is 0.458. The van der Waals surface area contributed by atoms with Crippen LogP contribution in [0.4, 0.5) is 0 Å². The fourth-order valence-electron chi connectivity index (χ4n) is 2.45. The normalized spacial score (nSPS) is 34.2. The second-order valence-electron chi connectivity index (χ2n) is 4.11. The van der Waals surface area contributed by atoms with E-state index >= 15 is 0 Å². The molecule has 1 heterocycles. The van der Waals surface area contributed by atoms with Crippen molar-refractivity contribution in [2.24, 2.45) is 0 Å². The van der Waals surface area contributed by atoms with Gasteiger partial charge in [-0.25, -0.2) is 0 Å². The van der Waals surface area contributed by atoms with Crippen molar-refractivity contribution in [2.75, 3.05) is 19.7 Å². The molecule has 0 bridgehead atoms. The Morgan fingerprint density at radius 2 is 2.00 bits per heavy atom. The van der Waals surface area contributed by atoms with E-state index in [0.717, 1.165) is 25.7 Å². The van der Waals surface area contributed by atoms with Crippen LogP contribution in [0.5, 0.6) is 0 Å². The highest BCUT2D eigenvalue weighted by Crippen LogP contribution is 2.24. The molecule has 1 unspecified atom stereocenters. The summed E-state index contributed by atoms with van der Waals surface area (Å²) in [6.45, 7) is 5.44. The molecule has 70 valence electrons. The molecule has 1 aliphatic carbocycles. The van der Waals surface area contributed by atoms with Gasteiger partial charge in [0, 0.05) is 19.1 Å². The maximum absolute atomic E-state index is 5.53. The molecule has 0 amide bonds. The van der Waals surface area contributed by atoms with Crippen molar-refractivity contribution in [3.8, 4) is 0 Å². The molecular formula is C10H19NO. The lowest BCUT2D eigenvalue weighted by molar-refractivity contribution is -0.0329. The molecule has 0 aromatic carbocycles. The maximum Gasteiger partial charge on any atom is 0.0674 e. The van der Waals surface area contributed by atoms with Crippen LogP contribution in [0.3, 0.4) is 0 Å². The van der Waals surface area contributed by atoms with Crippen molar-refractivity contribution in [3.05, 3.63) is 0 Å². The van der Waals surface area contributed by atoms with E-state index in [1.165, 1.54) is 25.7 Å². The lowest BCUT2D eigenvalue weighted by Gasteiger charge is -2.35. The Bertz CT molecular complexity index is 143. The molecular weight excluding hydrogens is 150 g/mol. The quantitative estimate of drug-likeness (QED) is 0.592. The Kier molecular flexibility index (Phi) is 2.66. The summed E-state index contributed by atoms with van der Waals surface area (Å²) in [6, 6.07) is 0.886. The zero-order chi connectivity index (χ0) is 8.39. The first-order valence-electron chi connectivity index (χ1n) is 5.22. The average molecular weight is 169 g/mol. The first-order valence-corrected chi connectivity index (χ1v) is 5.22. The molecule has 2 fully saturated rings. The Labute approximate surface area is 74.9 Å². The van der Waals surface area contributed by atoms with Gasteiger partial charge in [0.1, 0.15) is 0 Å². The lowest BCUT2D eigenvalue weighted by atomic mass is 10.2. The number of ether oxygens (including phenoxy) is 1. The molecule has 1 saturated carbocycles. The molecule has 12 heavy (non-hydrogen) atoms. The van der Waals surface area contributed by atoms with Crippen LogP contribution in [-0.4, -0.2) is 36.7 Å². The van der Waals surface area contributed by atoms with Gasteiger partial charge in [-0.3, -0.25) is 4.90 Å². The molecule has 2 nitrogen and oxygen atoms in total. The second kappa shape index (κ2) is 3.75. The smallest absolute Gasteiger partial charge is 0.0674 e. The summed E-state index contributed by atoms with van der Waals surface area (Å²) in [7, 11) is 0. The highest BCUT2D eigenvalue weighted by Gasteiger charge is 2.26. The van der Waals surface area contributed by atoms with Crippen LogP contribution in [-0.2, 0) is 4.74 Å². The van der Waals surface area contributed by atoms with Crippen molar-refractivity contribution < 1.29 is 4.74 Å². The third-order valence-corrected chi connectivity index (χ3v) is 3.11. The monoisotopic (exact) mass is 169 g/mol. The van der Waals surface area contributed by atoms with Crippen LogP contribution in [0.15, 0.2) is 0 Å². The van der Waals surface area contributed by atoms with Crippen LogP contribution in [0.2, 0.25) is 0 Å². The summed E-state index contributed by atoms with van der Waals surface area (Å²) >= 11 is 0. The van der Waals surface area contributed by atoms with Gasteiger partial charge in [0.15, 0.2) is 0 Å². The maximum atomic E-state index is 5.53. The Balaban J connectivity index is 1.85. The molecule has 2 aliphatic rings. The van der Waals surface area contributed by atoms with Gasteiger partial charge in [-0.15, -0.1) is 0 Å². The first-order chi connectivity index (χ1) is 5.86. The van der Waals surface area contributed by atoms with Crippen LogP contribution in [0, 0.1) is 0 Å².